The molecule has 1 rings (SSSR count). The monoisotopic (exact) mass is 196 g/mol. The summed E-state index contributed by atoms with van der Waals surface area (Å²) >= 11 is 0. The summed E-state index contributed by atoms with van der Waals surface area (Å²) in [5, 5.41) is 0. The van der Waals surface area contributed by atoms with Gasteiger partial charge < -0.3 is 0 Å². The minimum atomic E-state index is 1.02. The molecule has 0 aliphatic heterocycles. The maximum absolute atomic E-state index is 4.01. The van der Waals surface area contributed by atoms with E-state index in [2.05, 4.69) is 25.3 Å². The number of rotatable bonds is 4. The van der Waals surface area contributed by atoms with Crippen LogP contribution in [0.3, 0.4) is 0 Å². The van der Waals surface area contributed by atoms with Gasteiger partial charge in [-0.1, -0.05) is 67.8 Å². The van der Waals surface area contributed by atoms with Gasteiger partial charge in [0.05, 0.1) is 0 Å². The molecule has 0 aromatic heterocycles. The van der Waals surface area contributed by atoms with Crippen LogP contribution in [0, 0.1) is 0 Å². The standard InChI is InChI=1S/C15H16/c1-4-6-7-8-13(3)15-11-9-14(5-2)10-12-15/h4-12H,2-3H2,1H3/b6-4-,8-7-. The first-order valence-electron chi connectivity index (χ1n) is 4.99. The molecule has 0 spiro atoms. The zero-order valence-electron chi connectivity index (χ0n) is 9.11. The Hall–Kier alpha value is -1.82. The normalized spacial score (nSPS) is 11.0. The lowest BCUT2D eigenvalue weighted by molar-refractivity contribution is 1.60. The van der Waals surface area contributed by atoms with Crippen molar-refractivity contribution in [2.24, 2.45) is 0 Å². The first-order valence-corrected chi connectivity index (χ1v) is 4.99. The van der Waals surface area contributed by atoms with E-state index in [0.29, 0.717) is 0 Å². The van der Waals surface area contributed by atoms with Gasteiger partial charge in [-0.2, -0.15) is 0 Å². The summed E-state index contributed by atoms with van der Waals surface area (Å²) in [6.45, 7) is 9.72. The third-order valence-corrected chi connectivity index (χ3v) is 2.12. The molecule has 1 aromatic carbocycles. The fourth-order valence-corrected chi connectivity index (χ4v) is 1.21. The van der Waals surface area contributed by atoms with Crippen molar-refractivity contribution in [1.29, 1.82) is 0 Å². The maximum Gasteiger partial charge on any atom is -0.0190 e. The van der Waals surface area contributed by atoms with Crippen LogP contribution < -0.4 is 0 Å². The maximum atomic E-state index is 4.01. The van der Waals surface area contributed by atoms with Crippen molar-refractivity contribution in [1.82, 2.24) is 0 Å². The quantitative estimate of drug-likeness (QED) is 0.623. The van der Waals surface area contributed by atoms with E-state index in [1.807, 2.05) is 49.4 Å². The van der Waals surface area contributed by atoms with Crippen LogP contribution >= 0.6 is 0 Å². The van der Waals surface area contributed by atoms with E-state index in [-0.39, 0.29) is 0 Å². The van der Waals surface area contributed by atoms with E-state index < -0.39 is 0 Å². The van der Waals surface area contributed by atoms with Crippen molar-refractivity contribution in [3.63, 3.8) is 0 Å². The van der Waals surface area contributed by atoms with Gasteiger partial charge >= 0.3 is 0 Å². The predicted molar refractivity (Wildman–Crippen MR) is 69.5 cm³/mol. The molecule has 15 heavy (non-hydrogen) atoms. The third-order valence-electron chi connectivity index (χ3n) is 2.12. The number of benzene rings is 1. The van der Waals surface area contributed by atoms with Gasteiger partial charge in [-0.05, 0) is 23.6 Å². The summed E-state index contributed by atoms with van der Waals surface area (Å²) in [6.07, 6.45) is 9.81. The highest BCUT2D eigenvalue weighted by Gasteiger charge is 1.93. The highest BCUT2D eigenvalue weighted by atomic mass is 14.0. The summed E-state index contributed by atoms with van der Waals surface area (Å²) in [4.78, 5) is 0. The Labute approximate surface area is 92.0 Å². The van der Waals surface area contributed by atoms with E-state index in [4.69, 9.17) is 0 Å². The molecule has 0 nitrogen and oxygen atoms in total. The zero-order valence-corrected chi connectivity index (χ0v) is 9.11. The molecule has 0 saturated heterocycles. The van der Waals surface area contributed by atoms with E-state index in [0.717, 1.165) is 16.7 Å². The van der Waals surface area contributed by atoms with Crippen molar-refractivity contribution in [2.45, 2.75) is 6.92 Å². The fraction of sp³-hybridized carbons (Fsp3) is 0.0667. The first-order chi connectivity index (χ1) is 7.27. The van der Waals surface area contributed by atoms with Crippen molar-refractivity contribution in [3.8, 4) is 0 Å². The molecule has 0 atom stereocenters. The van der Waals surface area contributed by atoms with Crippen LogP contribution in [0.2, 0.25) is 0 Å². The molecule has 0 heteroatoms. The molecular formula is C15H16. The van der Waals surface area contributed by atoms with Crippen LogP contribution in [-0.2, 0) is 0 Å². The minimum Gasteiger partial charge on any atom is -0.0985 e. The molecule has 0 heterocycles. The van der Waals surface area contributed by atoms with Crippen LogP contribution in [0.1, 0.15) is 18.1 Å². The van der Waals surface area contributed by atoms with E-state index >= 15 is 0 Å². The van der Waals surface area contributed by atoms with Gasteiger partial charge in [0.1, 0.15) is 0 Å². The number of allylic oxidation sites excluding steroid dienone is 5. The summed E-state index contributed by atoms with van der Waals surface area (Å²) in [5.41, 5.74) is 3.29. The van der Waals surface area contributed by atoms with E-state index in [1.54, 1.807) is 0 Å². The molecule has 0 aliphatic rings. The second kappa shape index (κ2) is 5.82. The molecule has 76 valence electrons. The van der Waals surface area contributed by atoms with Gasteiger partial charge in [-0.25, -0.2) is 0 Å². The lowest BCUT2D eigenvalue weighted by Gasteiger charge is -2.00. The van der Waals surface area contributed by atoms with Gasteiger partial charge in [-0.3, -0.25) is 0 Å². The lowest BCUT2D eigenvalue weighted by Crippen LogP contribution is -1.79. The third kappa shape index (κ3) is 3.43. The topological polar surface area (TPSA) is 0 Å². The number of hydrogen-bond acceptors (Lipinski definition) is 0. The zero-order chi connectivity index (χ0) is 11.1. The molecular weight excluding hydrogens is 180 g/mol. The summed E-state index contributed by atoms with van der Waals surface area (Å²) in [7, 11) is 0. The van der Waals surface area contributed by atoms with Gasteiger partial charge in [0, 0.05) is 0 Å². The van der Waals surface area contributed by atoms with Crippen LogP contribution in [-0.4, -0.2) is 0 Å². The Morgan fingerprint density at radius 1 is 1.13 bits per heavy atom. The SMILES string of the molecule is C=Cc1ccc(C(=C)/C=C\C=C/C)cc1. The minimum absolute atomic E-state index is 1.02. The Morgan fingerprint density at radius 3 is 2.33 bits per heavy atom. The molecule has 0 fully saturated rings. The Morgan fingerprint density at radius 2 is 1.80 bits per heavy atom. The Kier molecular flexibility index (Phi) is 4.36. The van der Waals surface area contributed by atoms with Crippen molar-refractivity contribution in [2.75, 3.05) is 0 Å². The van der Waals surface area contributed by atoms with Crippen LogP contribution in [0.5, 0.6) is 0 Å². The first kappa shape index (κ1) is 11.3. The summed E-state index contributed by atoms with van der Waals surface area (Å²) < 4.78 is 0. The summed E-state index contributed by atoms with van der Waals surface area (Å²) in [6, 6.07) is 8.19. The molecule has 0 unspecified atom stereocenters. The fourth-order valence-electron chi connectivity index (χ4n) is 1.21. The van der Waals surface area contributed by atoms with Crippen LogP contribution in [0.15, 0.2) is 61.7 Å². The largest absolute Gasteiger partial charge is 0.0985 e. The Bertz CT molecular complexity index is 389. The van der Waals surface area contributed by atoms with E-state index in [1.165, 1.54) is 0 Å². The average Bonchev–Trinajstić information content (AvgIpc) is 2.29. The molecule has 1 aromatic rings. The van der Waals surface area contributed by atoms with Gasteiger partial charge in [0.2, 0.25) is 0 Å². The van der Waals surface area contributed by atoms with Crippen molar-refractivity contribution < 1.29 is 0 Å². The van der Waals surface area contributed by atoms with E-state index in [9.17, 15) is 0 Å². The Balaban J connectivity index is 2.78. The predicted octanol–water partition coefficient (Wildman–Crippen LogP) is 4.48. The average molecular weight is 196 g/mol. The summed E-state index contributed by atoms with van der Waals surface area (Å²) in [5.74, 6) is 0. The second-order valence-corrected chi connectivity index (χ2v) is 3.24. The van der Waals surface area contributed by atoms with Crippen molar-refractivity contribution in [3.05, 3.63) is 72.9 Å². The van der Waals surface area contributed by atoms with Gasteiger partial charge in [0.25, 0.3) is 0 Å². The second-order valence-electron chi connectivity index (χ2n) is 3.24. The van der Waals surface area contributed by atoms with Crippen LogP contribution in [0.25, 0.3) is 11.6 Å². The molecule has 0 aliphatic carbocycles. The molecule has 0 radical (unpaired) electrons. The number of hydrogen-bond donors (Lipinski definition) is 0. The highest BCUT2D eigenvalue weighted by molar-refractivity contribution is 5.72. The van der Waals surface area contributed by atoms with Crippen LogP contribution in [0.4, 0.5) is 0 Å². The van der Waals surface area contributed by atoms with Gasteiger partial charge in [0.15, 0.2) is 0 Å². The highest BCUT2D eigenvalue weighted by Crippen LogP contribution is 2.15. The van der Waals surface area contributed by atoms with Crippen molar-refractivity contribution >= 4 is 11.6 Å². The lowest BCUT2D eigenvalue weighted by atomic mass is 10.1. The van der Waals surface area contributed by atoms with Gasteiger partial charge in [-0.15, -0.1) is 0 Å². The molecule has 0 bridgehead atoms. The molecule has 0 saturated carbocycles. The molecule has 0 N–H and O–H groups in total. The smallest absolute Gasteiger partial charge is 0.0190 e. The molecule has 0 amide bonds.